The van der Waals surface area contributed by atoms with Crippen molar-refractivity contribution in [3.05, 3.63) is 29.3 Å². The number of benzene rings is 1. The van der Waals surface area contributed by atoms with Gasteiger partial charge in [0.1, 0.15) is 0 Å². The van der Waals surface area contributed by atoms with Crippen molar-refractivity contribution < 1.29 is 13.2 Å². The molecule has 0 aromatic heterocycles. The fraction of sp³-hybridized carbons (Fsp3) is 0.538. The minimum atomic E-state index is -3.48. The van der Waals surface area contributed by atoms with Crippen LogP contribution in [-0.2, 0) is 21.3 Å². The lowest BCUT2D eigenvalue weighted by Gasteiger charge is -2.13. The maximum atomic E-state index is 12.1. The summed E-state index contributed by atoms with van der Waals surface area (Å²) in [6, 6.07) is 4.99. The largest absolute Gasteiger partial charge is 0.384 e. The second-order valence-corrected chi connectivity index (χ2v) is 6.47. The molecule has 0 amide bonds. The van der Waals surface area contributed by atoms with Gasteiger partial charge >= 0.3 is 0 Å². The molecule has 1 rings (SSSR count). The van der Waals surface area contributed by atoms with Gasteiger partial charge in [-0.2, -0.15) is 0 Å². The summed E-state index contributed by atoms with van der Waals surface area (Å²) in [6.45, 7) is 5.03. The van der Waals surface area contributed by atoms with E-state index in [1.807, 2.05) is 13.8 Å². The Morgan fingerprint density at radius 2 is 2.11 bits per heavy atom. The molecule has 0 spiro atoms. The van der Waals surface area contributed by atoms with E-state index in [0.717, 1.165) is 11.1 Å². The highest BCUT2D eigenvalue weighted by atomic mass is 32.2. The third kappa shape index (κ3) is 4.58. The molecule has 5 nitrogen and oxygen atoms in total. The van der Waals surface area contributed by atoms with Crippen LogP contribution in [0, 0.1) is 12.8 Å². The molecule has 1 unspecified atom stereocenters. The van der Waals surface area contributed by atoms with Crippen LogP contribution in [0.4, 0.5) is 0 Å². The van der Waals surface area contributed by atoms with Crippen molar-refractivity contribution in [2.24, 2.45) is 11.7 Å². The molecule has 1 aromatic carbocycles. The van der Waals surface area contributed by atoms with E-state index in [1.54, 1.807) is 25.3 Å². The predicted molar refractivity (Wildman–Crippen MR) is 75.3 cm³/mol. The SMILES string of the molecule is COCC(C)CNS(=O)(=O)c1ccc(C)c(CN)c1. The fourth-order valence-electron chi connectivity index (χ4n) is 1.71. The molecule has 0 aliphatic carbocycles. The molecule has 108 valence electrons. The minimum absolute atomic E-state index is 0.124. The van der Waals surface area contributed by atoms with Crippen LogP contribution in [0.1, 0.15) is 18.1 Å². The van der Waals surface area contributed by atoms with Crippen LogP contribution >= 0.6 is 0 Å². The maximum absolute atomic E-state index is 12.1. The maximum Gasteiger partial charge on any atom is 0.240 e. The molecule has 0 saturated carbocycles. The number of hydrogen-bond donors (Lipinski definition) is 2. The average molecular weight is 286 g/mol. The molecule has 0 aliphatic rings. The van der Waals surface area contributed by atoms with E-state index in [0.29, 0.717) is 19.7 Å². The highest BCUT2D eigenvalue weighted by molar-refractivity contribution is 7.89. The highest BCUT2D eigenvalue weighted by Crippen LogP contribution is 2.15. The van der Waals surface area contributed by atoms with Crippen LogP contribution in [0.2, 0.25) is 0 Å². The smallest absolute Gasteiger partial charge is 0.240 e. The molecule has 19 heavy (non-hydrogen) atoms. The van der Waals surface area contributed by atoms with Crippen LogP contribution in [0.25, 0.3) is 0 Å². The van der Waals surface area contributed by atoms with Crippen molar-refractivity contribution in [2.45, 2.75) is 25.3 Å². The molecule has 3 N–H and O–H groups in total. The van der Waals surface area contributed by atoms with Gasteiger partial charge < -0.3 is 10.5 Å². The first-order valence-corrected chi connectivity index (χ1v) is 7.67. The number of hydrogen-bond acceptors (Lipinski definition) is 4. The van der Waals surface area contributed by atoms with Gasteiger partial charge in [-0.1, -0.05) is 13.0 Å². The van der Waals surface area contributed by atoms with E-state index in [1.165, 1.54) is 0 Å². The van der Waals surface area contributed by atoms with Gasteiger partial charge in [0.15, 0.2) is 0 Å². The summed E-state index contributed by atoms with van der Waals surface area (Å²) < 4.78 is 31.8. The third-order valence-corrected chi connectivity index (χ3v) is 4.35. The van der Waals surface area contributed by atoms with Crippen LogP contribution < -0.4 is 10.5 Å². The number of ether oxygens (including phenoxy) is 1. The Kier molecular flexibility index (Phi) is 5.93. The van der Waals surface area contributed by atoms with Gasteiger partial charge in [-0.25, -0.2) is 13.1 Å². The van der Waals surface area contributed by atoms with Gasteiger partial charge in [0, 0.05) is 26.8 Å². The first-order chi connectivity index (χ1) is 8.90. The Balaban J connectivity index is 2.83. The van der Waals surface area contributed by atoms with Crippen molar-refractivity contribution in [1.82, 2.24) is 4.72 Å². The number of sulfonamides is 1. The van der Waals surface area contributed by atoms with E-state index in [2.05, 4.69) is 4.72 Å². The van der Waals surface area contributed by atoms with Gasteiger partial charge in [-0.3, -0.25) is 0 Å². The lowest BCUT2D eigenvalue weighted by molar-refractivity contribution is 0.161. The van der Waals surface area contributed by atoms with Gasteiger partial charge in [-0.05, 0) is 36.1 Å². The summed E-state index contributed by atoms with van der Waals surface area (Å²) in [7, 11) is -1.89. The summed E-state index contributed by atoms with van der Waals surface area (Å²) >= 11 is 0. The molecule has 0 saturated heterocycles. The average Bonchev–Trinajstić information content (AvgIpc) is 2.37. The predicted octanol–water partition coefficient (Wildman–Crippen LogP) is 1.01. The third-order valence-electron chi connectivity index (χ3n) is 2.92. The first kappa shape index (κ1) is 16.1. The van der Waals surface area contributed by atoms with Crippen molar-refractivity contribution >= 4 is 10.0 Å². The van der Waals surface area contributed by atoms with Crippen LogP contribution in [0.15, 0.2) is 23.1 Å². The zero-order chi connectivity index (χ0) is 14.5. The van der Waals surface area contributed by atoms with Crippen LogP contribution in [0.5, 0.6) is 0 Å². The summed E-state index contributed by atoms with van der Waals surface area (Å²) in [5, 5.41) is 0. The monoisotopic (exact) mass is 286 g/mol. The number of nitrogens with two attached hydrogens (primary N) is 1. The lowest BCUT2D eigenvalue weighted by Crippen LogP contribution is -2.30. The van der Waals surface area contributed by atoms with E-state index < -0.39 is 10.0 Å². The Bertz CT molecular complexity index is 515. The Hall–Kier alpha value is -0.950. The topological polar surface area (TPSA) is 81.4 Å². The molecule has 0 aliphatic heterocycles. The summed E-state index contributed by atoms with van der Waals surface area (Å²) in [5.74, 6) is 0.124. The Morgan fingerprint density at radius 1 is 1.42 bits per heavy atom. The molecule has 0 heterocycles. The van der Waals surface area contributed by atoms with Gasteiger partial charge in [0.25, 0.3) is 0 Å². The van der Waals surface area contributed by atoms with Crippen molar-refractivity contribution in [1.29, 1.82) is 0 Å². The number of aryl methyl sites for hydroxylation is 1. The standard InChI is InChI=1S/C13H22N2O3S/c1-10(9-18-3)8-15-19(16,17)13-5-4-11(2)12(6-13)7-14/h4-6,10,15H,7-9,14H2,1-3H3. The first-order valence-electron chi connectivity index (χ1n) is 6.19. The molecule has 0 bridgehead atoms. The Labute approximate surface area is 115 Å². The second-order valence-electron chi connectivity index (χ2n) is 4.70. The fourth-order valence-corrected chi connectivity index (χ4v) is 2.93. The van der Waals surface area contributed by atoms with E-state index >= 15 is 0 Å². The summed E-state index contributed by atoms with van der Waals surface area (Å²) in [4.78, 5) is 0.253. The quantitative estimate of drug-likeness (QED) is 0.784. The van der Waals surface area contributed by atoms with Crippen LogP contribution in [0.3, 0.4) is 0 Å². The second kappa shape index (κ2) is 7.00. The summed E-state index contributed by atoms with van der Waals surface area (Å²) in [6.07, 6.45) is 0. The molecule has 0 radical (unpaired) electrons. The van der Waals surface area contributed by atoms with Crippen molar-refractivity contribution in [3.63, 3.8) is 0 Å². The molecular formula is C13H22N2O3S. The van der Waals surface area contributed by atoms with Gasteiger partial charge in [0.05, 0.1) is 4.90 Å². The van der Waals surface area contributed by atoms with Crippen molar-refractivity contribution in [3.8, 4) is 0 Å². The lowest BCUT2D eigenvalue weighted by atomic mass is 10.1. The van der Waals surface area contributed by atoms with Gasteiger partial charge in [-0.15, -0.1) is 0 Å². The number of rotatable bonds is 7. The zero-order valence-corrected chi connectivity index (χ0v) is 12.5. The zero-order valence-electron chi connectivity index (χ0n) is 11.6. The molecule has 6 heteroatoms. The van der Waals surface area contributed by atoms with E-state index in [9.17, 15) is 8.42 Å². The number of nitrogens with one attached hydrogen (secondary N) is 1. The van der Waals surface area contributed by atoms with Crippen LogP contribution in [-0.4, -0.2) is 28.7 Å². The normalized spacial score (nSPS) is 13.5. The summed E-state index contributed by atoms with van der Waals surface area (Å²) in [5.41, 5.74) is 7.43. The van der Waals surface area contributed by atoms with Crippen molar-refractivity contribution in [2.75, 3.05) is 20.3 Å². The minimum Gasteiger partial charge on any atom is -0.384 e. The van der Waals surface area contributed by atoms with E-state index in [-0.39, 0.29) is 10.8 Å². The molecule has 1 aromatic rings. The Morgan fingerprint density at radius 3 is 2.68 bits per heavy atom. The highest BCUT2D eigenvalue weighted by Gasteiger charge is 2.16. The molecular weight excluding hydrogens is 264 g/mol. The number of methoxy groups -OCH3 is 1. The molecule has 1 atom stereocenters. The molecule has 0 fully saturated rings. The van der Waals surface area contributed by atoms with E-state index in [4.69, 9.17) is 10.5 Å². The van der Waals surface area contributed by atoms with Gasteiger partial charge in [0.2, 0.25) is 10.0 Å².